The third kappa shape index (κ3) is 4.24. The Kier molecular flexibility index (Phi) is 5.70. The quantitative estimate of drug-likeness (QED) is 0.257. The number of nitrogens with one attached hydrogen (secondary N) is 3. The molecule has 190 valence electrons. The average molecular weight is 507 g/mol. The summed E-state index contributed by atoms with van der Waals surface area (Å²) in [6.07, 6.45) is 11.6. The van der Waals surface area contributed by atoms with Gasteiger partial charge in [-0.2, -0.15) is 10.2 Å². The molecule has 6 aromatic rings. The van der Waals surface area contributed by atoms with E-state index in [-0.39, 0.29) is 5.82 Å². The van der Waals surface area contributed by atoms with Crippen LogP contribution in [0.15, 0.2) is 61.2 Å². The minimum atomic E-state index is -0.231. The highest BCUT2D eigenvalue weighted by molar-refractivity contribution is 6.00. The molecule has 0 spiro atoms. The third-order valence-corrected chi connectivity index (χ3v) is 7.43. The van der Waals surface area contributed by atoms with E-state index in [1.165, 1.54) is 25.9 Å². The Morgan fingerprint density at radius 3 is 2.71 bits per heavy atom. The van der Waals surface area contributed by atoms with Gasteiger partial charge in [0.15, 0.2) is 5.65 Å². The highest BCUT2D eigenvalue weighted by Gasteiger charge is 2.16. The van der Waals surface area contributed by atoms with Gasteiger partial charge in [0.1, 0.15) is 5.82 Å². The van der Waals surface area contributed by atoms with Crippen LogP contribution >= 0.6 is 0 Å². The van der Waals surface area contributed by atoms with E-state index in [0.29, 0.717) is 5.65 Å². The lowest BCUT2D eigenvalue weighted by Crippen LogP contribution is -2.20. The van der Waals surface area contributed by atoms with Crippen molar-refractivity contribution < 1.29 is 4.39 Å². The summed E-state index contributed by atoms with van der Waals surface area (Å²) in [4.78, 5) is 15.2. The van der Waals surface area contributed by atoms with Crippen molar-refractivity contribution in [1.82, 2.24) is 40.2 Å². The summed E-state index contributed by atoms with van der Waals surface area (Å²) in [5.41, 5.74) is 7.71. The van der Waals surface area contributed by atoms with Crippen molar-refractivity contribution in [3.63, 3.8) is 0 Å². The smallest absolute Gasteiger partial charge is 0.181 e. The molecule has 1 aliphatic rings. The van der Waals surface area contributed by atoms with Crippen LogP contribution in [0, 0.1) is 5.82 Å². The van der Waals surface area contributed by atoms with Gasteiger partial charge in [0.25, 0.3) is 0 Å². The number of hydrogen-bond donors (Lipinski definition) is 3. The summed E-state index contributed by atoms with van der Waals surface area (Å²) >= 11 is 0. The van der Waals surface area contributed by atoms with Crippen molar-refractivity contribution in [1.29, 1.82) is 0 Å². The van der Waals surface area contributed by atoms with Crippen molar-refractivity contribution in [3.05, 3.63) is 72.6 Å². The number of likely N-dealkylation sites (tertiary alicyclic amines) is 1. The van der Waals surface area contributed by atoms with E-state index >= 15 is 0 Å². The molecule has 1 aliphatic heterocycles. The number of pyridine rings is 2. The molecule has 0 atom stereocenters. The minimum Gasteiger partial charge on any atom is -0.353 e. The molecule has 1 saturated heterocycles. The predicted molar refractivity (Wildman–Crippen MR) is 146 cm³/mol. The molecule has 0 aliphatic carbocycles. The molecule has 7 rings (SSSR count). The zero-order valence-electron chi connectivity index (χ0n) is 20.8. The first-order valence-electron chi connectivity index (χ1n) is 13.0. The number of aromatic nitrogens is 7. The van der Waals surface area contributed by atoms with Crippen LogP contribution in [-0.2, 0) is 6.42 Å². The minimum absolute atomic E-state index is 0.231. The van der Waals surface area contributed by atoms with E-state index in [0.717, 1.165) is 75.0 Å². The van der Waals surface area contributed by atoms with E-state index in [9.17, 15) is 4.39 Å². The first-order valence-corrected chi connectivity index (χ1v) is 13.0. The molecule has 1 fully saturated rings. The molecule has 9 heteroatoms. The number of nitrogens with zero attached hydrogens (tertiary/aromatic N) is 5. The molecular weight excluding hydrogens is 479 g/mol. The van der Waals surface area contributed by atoms with Gasteiger partial charge in [-0.15, -0.1) is 0 Å². The average Bonchev–Trinajstić information content (AvgIpc) is 3.73. The van der Waals surface area contributed by atoms with Crippen LogP contribution in [0.3, 0.4) is 0 Å². The first-order chi connectivity index (χ1) is 18.7. The van der Waals surface area contributed by atoms with E-state index in [2.05, 4.69) is 52.4 Å². The van der Waals surface area contributed by atoms with E-state index < -0.39 is 0 Å². The summed E-state index contributed by atoms with van der Waals surface area (Å²) in [5, 5.41) is 16.3. The summed E-state index contributed by atoms with van der Waals surface area (Å²) < 4.78 is 14.7. The number of rotatable bonds is 7. The number of benzene rings is 1. The second-order valence-electron chi connectivity index (χ2n) is 9.99. The molecule has 8 nitrogen and oxygen atoms in total. The van der Waals surface area contributed by atoms with E-state index in [1.807, 2.05) is 18.3 Å². The van der Waals surface area contributed by atoms with E-state index in [4.69, 9.17) is 0 Å². The molecule has 0 radical (unpaired) electrons. The van der Waals surface area contributed by atoms with Gasteiger partial charge < -0.3 is 9.88 Å². The third-order valence-electron chi connectivity index (χ3n) is 7.43. The topological polar surface area (TPSA) is 102 Å². The summed E-state index contributed by atoms with van der Waals surface area (Å²) in [7, 11) is 0. The second kappa shape index (κ2) is 9.50. The number of H-pyrrole nitrogens is 3. The van der Waals surface area contributed by atoms with Gasteiger partial charge in [-0.3, -0.25) is 15.2 Å². The molecule has 1 aromatic carbocycles. The predicted octanol–water partition coefficient (Wildman–Crippen LogP) is 5.73. The number of fused-ring (bicyclic) bond motifs is 2. The van der Waals surface area contributed by atoms with Gasteiger partial charge >= 0.3 is 0 Å². The van der Waals surface area contributed by atoms with Gasteiger partial charge in [-0.25, -0.2) is 9.37 Å². The van der Waals surface area contributed by atoms with Crippen LogP contribution in [0.1, 0.15) is 24.8 Å². The molecule has 0 unspecified atom stereocenters. The molecule has 0 saturated carbocycles. The summed E-state index contributed by atoms with van der Waals surface area (Å²) in [6.45, 7) is 3.43. The summed E-state index contributed by atoms with van der Waals surface area (Å²) in [6, 6.07) is 11.3. The Morgan fingerprint density at radius 1 is 0.921 bits per heavy atom. The number of aromatic amines is 3. The van der Waals surface area contributed by atoms with Crippen LogP contribution in [0.5, 0.6) is 0 Å². The highest BCUT2D eigenvalue weighted by Crippen LogP contribution is 2.34. The fourth-order valence-electron chi connectivity index (χ4n) is 5.53. The molecule has 3 N–H and O–H groups in total. The Morgan fingerprint density at radius 2 is 1.84 bits per heavy atom. The lowest BCUT2D eigenvalue weighted by Gasteiger charge is -2.14. The van der Waals surface area contributed by atoms with Crippen LogP contribution in [0.4, 0.5) is 4.39 Å². The zero-order valence-corrected chi connectivity index (χ0v) is 20.8. The molecule has 5 aromatic heterocycles. The highest BCUT2D eigenvalue weighted by atomic mass is 19.1. The second-order valence-corrected chi connectivity index (χ2v) is 9.99. The Bertz CT molecular complexity index is 1730. The fourth-order valence-corrected chi connectivity index (χ4v) is 5.53. The molecule has 6 heterocycles. The standard InChI is InChI=1S/C29H27FN8/c30-22-11-18(4-3-9-38-7-1-2-8-38)10-19(12-22)27-23-14-26(35-25(23)5-6-31-27)28-24-13-20(21-16-33-34-17-21)15-32-29(24)37-36-28/h5-6,10-17,35H,1-4,7-9H2,(H,33,34)(H,32,36,37). The van der Waals surface area contributed by atoms with Gasteiger partial charge in [-0.1, -0.05) is 0 Å². The van der Waals surface area contributed by atoms with Crippen LogP contribution in [0.2, 0.25) is 0 Å². The van der Waals surface area contributed by atoms with Crippen LogP contribution in [0.25, 0.3) is 55.7 Å². The van der Waals surface area contributed by atoms with Gasteiger partial charge in [-0.05, 0) is 87.3 Å². The van der Waals surface area contributed by atoms with Gasteiger partial charge in [0, 0.05) is 51.6 Å². The monoisotopic (exact) mass is 506 g/mol. The maximum atomic E-state index is 14.7. The number of aryl methyl sites for hydroxylation is 1. The Hall–Kier alpha value is -4.37. The van der Waals surface area contributed by atoms with Crippen LogP contribution < -0.4 is 0 Å². The molecule has 0 amide bonds. The lowest BCUT2D eigenvalue weighted by molar-refractivity contribution is 0.334. The summed E-state index contributed by atoms with van der Waals surface area (Å²) in [5.74, 6) is -0.231. The molecule has 38 heavy (non-hydrogen) atoms. The van der Waals surface area contributed by atoms with Crippen molar-refractivity contribution in [2.45, 2.75) is 25.7 Å². The van der Waals surface area contributed by atoms with E-state index in [1.54, 1.807) is 30.7 Å². The Labute approximate surface area is 218 Å². The molecule has 0 bridgehead atoms. The van der Waals surface area contributed by atoms with Crippen LogP contribution in [-0.4, -0.2) is 59.9 Å². The SMILES string of the molecule is Fc1cc(CCCN2CCCC2)cc(-c2nccc3[nH]c(-c4[nH]nc5ncc(-c6cn[nH]c6)cc45)cc23)c1. The maximum Gasteiger partial charge on any atom is 0.181 e. The van der Waals surface area contributed by atoms with Gasteiger partial charge in [0.2, 0.25) is 0 Å². The molecular formula is C29H27FN8. The van der Waals surface area contributed by atoms with Gasteiger partial charge in [0.05, 0.1) is 23.3 Å². The van der Waals surface area contributed by atoms with Crippen molar-refractivity contribution in [2.24, 2.45) is 0 Å². The van der Waals surface area contributed by atoms with Crippen molar-refractivity contribution in [3.8, 4) is 33.8 Å². The normalized spacial score (nSPS) is 14.2. The van der Waals surface area contributed by atoms with Crippen molar-refractivity contribution >= 4 is 21.9 Å². The largest absolute Gasteiger partial charge is 0.353 e. The number of halogens is 1. The zero-order chi connectivity index (χ0) is 25.5. The number of hydrogen-bond acceptors (Lipinski definition) is 5. The maximum absolute atomic E-state index is 14.7. The lowest BCUT2D eigenvalue weighted by atomic mass is 10.0. The fraction of sp³-hybridized carbons (Fsp3) is 0.241. The Balaban J connectivity index is 1.23. The first kappa shape index (κ1) is 22.8. The van der Waals surface area contributed by atoms with Crippen molar-refractivity contribution in [2.75, 3.05) is 19.6 Å².